The number of carbonyl (C=O) groups excluding carboxylic acids is 3. The Hall–Kier alpha value is -3.20. The van der Waals surface area contributed by atoms with E-state index in [4.69, 9.17) is 9.47 Å². The van der Waals surface area contributed by atoms with Gasteiger partial charge in [-0.05, 0) is 64.3 Å². The number of rotatable bonds is 6. The maximum absolute atomic E-state index is 13.4. The van der Waals surface area contributed by atoms with E-state index in [2.05, 4.69) is 15.9 Å². The van der Waals surface area contributed by atoms with Gasteiger partial charge in [-0.2, -0.15) is 0 Å². The van der Waals surface area contributed by atoms with Crippen molar-refractivity contribution in [2.75, 3.05) is 6.61 Å². The van der Waals surface area contributed by atoms with Crippen LogP contribution in [-0.2, 0) is 16.2 Å². The lowest BCUT2D eigenvalue weighted by atomic mass is 10.1. The van der Waals surface area contributed by atoms with Gasteiger partial charge in [-0.25, -0.2) is 9.18 Å². The average molecular weight is 463 g/mol. The predicted molar refractivity (Wildman–Crippen MR) is 106 cm³/mol. The second-order valence-corrected chi connectivity index (χ2v) is 6.83. The van der Waals surface area contributed by atoms with Gasteiger partial charge in [-0.1, -0.05) is 12.1 Å². The third kappa shape index (κ3) is 5.00. The molecule has 1 saturated heterocycles. The lowest BCUT2D eigenvalue weighted by Gasteiger charge is -2.16. The molecule has 9 heteroatoms. The molecule has 3 rings (SSSR count). The molecule has 2 aromatic carbocycles. The quantitative estimate of drug-likeness (QED) is 0.507. The van der Waals surface area contributed by atoms with Crippen molar-refractivity contribution in [2.45, 2.75) is 13.5 Å². The molecule has 1 fully saturated rings. The summed E-state index contributed by atoms with van der Waals surface area (Å²) in [5.41, 5.74) is 0.909. The molecule has 0 atom stereocenters. The lowest BCUT2D eigenvalue weighted by Crippen LogP contribution is -2.51. The summed E-state index contributed by atoms with van der Waals surface area (Å²) in [5.74, 6) is -1.18. The Balaban J connectivity index is 1.90. The molecule has 0 bridgehead atoms. The molecular weight excluding hydrogens is 447 g/mol. The summed E-state index contributed by atoms with van der Waals surface area (Å²) in [6.07, 6.45) is 1.33. The zero-order chi connectivity index (χ0) is 21.0. The van der Waals surface area contributed by atoms with Crippen LogP contribution in [0.15, 0.2) is 46.4 Å². The molecule has 7 nitrogen and oxygen atoms in total. The largest absolute Gasteiger partial charge is 0.490 e. The SMILES string of the molecule is CCOc1cc(C=C2C(=O)NC(=O)NC2=O)cc(Br)c1OCc1cccc(F)c1. The fraction of sp³-hybridized carbons (Fsp3) is 0.150. The van der Waals surface area contributed by atoms with E-state index in [1.807, 2.05) is 10.6 Å². The molecule has 0 unspecified atom stereocenters. The molecule has 4 amide bonds. The maximum Gasteiger partial charge on any atom is 0.328 e. The number of urea groups is 1. The van der Waals surface area contributed by atoms with Crippen LogP contribution < -0.4 is 20.1 Å². The number of hydrogen-bond acceptors (Lipinski definition) is 5. The normalized spacial score (nSPS) is 13.6. The molecule has 0 aromatic heterocycles. The highest BCUT2D eigenvalue weighted by molar-refractivity contribution is 9.10. The standard InChI is InChI=1S/C20H16BrFN2O5/c1-2-28-16-9-12(7-14-18(25)23-20(27)24-19(14)26)8-15(21)17(16)29-10-11-4-3-5-13(22)6-11/h3-9H,2,10H2,1H3,(H2,23,24,25,26,27). The van der Waals surface area contributed by atoms with Gasteiger partial charge < -0.3 is 9.47 Å². The number of halogens is 2. The fourth-order valence-electron chi connectivity index (χ4n) is 2.63. The van der Waals surface area contributed by atoms with Crippen molar-refractivity contribution >= 4 is 39.9 Å². The Bertz CT molecular complexity index is 1000. The van der Waals surface area contributed by atoms with Crippen LogP contribution in [0.1, 0.15) is 18.1 Å². The zero-order valence-corrected chi connectivity index (χ0v) is 16.8. The molecule has 1 aliphatic heterocycles. The first kappa shape index (κ1) is 20.5. The van der Waals surface area contributed by atoms with Gasteiger partial charge >= 0.3 is 6.03 Å². The van der Waals surface area contributed by atoms with Gasteiger partial charge in [0.2, 0.25) is 0 Å². The summed E-state index contributed by atoms with van der Waals surface area (Å²) >= 11 is 3.40. The van der Waals surface area contributed by atoms with Crippen molar-refractivity contribution in [3.63, 3.8) is 0 Å². The van der Waals surface area contributed by atoms with E-state index < -0.39 is 17.8 Å². The highest BCUT2D eigenvalue weighted by Crippen LogP contribution is 2.38. The molecule has 1 aliphatic rings. The maximum atomic E-state index is 13.4. The topological polar surface area (TPSA) is 93.7 Å². The minimum Gasteiger partial charge on any atom is -0.490 e. The fourth-order valence-corrected chi connectivity index (χ4v) is 3.20. The zero-order valence-electron chi connectivity index (χ0n) is 15.3. The van der Waals surface area contributed by atoms with Crippen LogP contribution in [0.4, 0.5) is 9.18 Å². The molecule has 2 aromatic rings. The van der Waals surface area contributed by atoms with Crippen molar-refractivity contribution in [1.82, 2.24) is 10.6 Å². The van der Waals surface area contributed by atoms with Crippen LogP contribution in [0.2, 0.25) is 0 Å². The number of amides is 4. The first-order chi connectivity index (χ1) is 13.9. The van der Waals surface area contributed by atoms with Crippen LogP contribution >= 0.6 is 15.9 Å². The monoisotopic (exact) mass is 462 g/mol. The van der Waals surface area contributed by atoms with Crippen LogP contribution in [0, 0.1) is 5.82 Å². The number of barbiturate groups is 1. The summed E-state index contributed by atoms with van der Waals surface area (Å²) in [6.45, 7) is 2.26. The van der Waals surface area contributed by atoms with Gasteiger partial charge in [0.05, 0.1) is 11.1 Å². The molecule has 150 valence electrons. The summed E-state index contributed by atoms with van der Waals surface area (Å²) in [6, 6.07) is 8.40. The second-order valence-electron chi connectivity index (χ2n) is 5.98. The predicted octanol–water partition coefficient (Wildman–Crippen LogP) is 3.32. The first-order valence-corrected chi connectivity index (χ1v) is 9.38. The first-order valence-electron chi connectivity index (χ1n) is 8.59. The van der Waals surface area contributed by atoms with E-state index in [0.29, 0.717) is 33.7 Å². The number of nitrogens with one attached hydrogen (secondary N) is 2. The van der Waals surface area contributed by atoms with Gasteiger partial charge in [0, 0.05) is 0 Å². The molecule has 0 saturated carbocycles. The Kier molecular flexibility index (Phi) is 6.28. The van der Waals surface area contributed by atoms with Gasteiger partial charge in [0.1, 0.15) is 18.0 Å². The van der Waals surface area contributed by atoms with Crippen molar-refractivity contribution in [3.8, 4) is 11.5 Å². The summed E-state index contributed by atoms with van der Waals surface area (Å²) in [5, 5.41) is 4.02. The summed E-state index contributed by atoms with van der Waals surface area (Å²) < 4.78 is 25.3. The smallest absolute Gasteiger partial charge is 0.328 e. The van der Waals surface area contributed by atoms with E-state index in [1.54, 1.807) is 31.2 Å². The summed E-state index contributed by atoms with van der Waals surface area (Å²) in [4.78, 5) is 35.0. The van der Waals surface area contributed by atoms with Crippen molar-refractivity contribution in [3.05, 3.63) is 63.4 Å². The number of carbonyl (C=O) groups is 3. The van der Waals surface area contributed by atoms with Gasteiger partial charge in [0.15, 0.2) is 11.5 Å². The number of benzene rings is 2. The molecule has 1 heterocycles. The van der Waals surface area contributed by atoms with Gasteiger partial charge in [-0.3, -0.25) is 20.2 Å². The van der Waals surface area contributed by atoms with Crippen LogP contribution in [-0.4, -0.2) is 24.5 Å². The highest BCUT2D eigenvalue weighted by Gasteiger charge is 2.28. The number of imide groups is 2. The molecule has 0 radical (unpaired) electrons. The highest BCUT2D eigenvalue weighted by atomic mass is 79.9. The van der Waals surface area contributed by atoms with E-state index >= 15 is 0 Å². The van der Waals surface area contributed by atoms with E-state index in [0.717, 1.165) is 0 Å². The van der Waals surface area contributed by atoms with Gasteiger partial charge in [0.25, 0.3) is 11.8 Å². The molecule has 2 N–H and O–H groups in total. The van der Waals surface area contributed by atoms with Gasteiger partial charge in [-0.15, -0.1) is 0 Å². The molecule has 29 heavy (non-hydrogen) atoms. The number of hydrogen-bond donors (Lipinski definition) is 2. The Morgan fingerprint density at radius 2 is 1.79 bits per heavy atom. The Morgan fingerprint density at radius 3 is 2.45 bits per heavy atom. The average Bonchev–Trinajstić information content (AvgIpc) is 2.64. The van der Waals surface area contributed by atoms with Crippen molar-refractivity contribution in [2.24, 2.45) is 0 Å². The van der Waals surface area contributed by atoms with E-state index in [1.165, 1.54) is 18.2 Å². The lowest BCUT2D eigenvalue weighted by molar-refractivity contribution is -0.123. The van der Waals surface area contributed by atoms with Crippen LogP contribution in [0.5, 0.6) is 11.5 Å². The molecule has 0 aliphatic carbocycles. The van der Waals surface area contributed by atoms with E-state index in [-0.39, 0.29) is 18.0 Å². The minimum absolute atomic E-state index is 0.115. The number of ether oxygens (including phenoxy) is 2. The molecular formula is C20H16BrFN2O5. The van der Waals surface area contributed by atoms with Crippen molar-refractivity contribution in [1.29, 1.82) is 0 Å². The van der Waals surface area contributed by atoms with E-state index in [9.17, 15) is 18.8 Å². The molecule has 0 spiro atoms. The van der Waals surface area contributed by atoms with Crippen LogP contribution in [0.25, 0.3) is 6.08 Å². The summed E-state index contributed by atoms with van der Waals surface area (Å²) in [7, 11) is 0. The second kappa shape index (κ2) is 8.87. The Morgan fingerprint density at radius 1 is 1.07 bits per heavy atom. The van der Waals surface area contributed by atoms with Crippen LogP contribution in [0.3, 0.4) is 0 Å². The Labute approximate surface area is 174 Å². The third-order valence-corrected chi connectivity index (χ3v) is 4.45. The van der Waals surface area contributed by atoms with Crippen molar-refractivity contribution < 1.29 is 28.2 Å². The minimum atomic E-state index is -0.866. The third-order valence-electron chi connectivity index (χ3n) is 3.86.